The summed E-state index contributed by atoms with van der Waals surface area (Å²) in [4.78, 5) is 28.7. The Morgan fingerprint density at radius 2 is 2.03 bits per heavy atom. The number of carbonyl (C=O) groups excluding carboxylic acids is 2. The van der Waals surface area contributed by atoms with Crippen molar-refractivity contribution >= 4 is 33.6 Å². The number of hydrogen-bond acceptors (Lipinski definition) is 4. The molecule has 2 aromatic carbocycles. The van der Waals surface area contributed by atoms with Crippen molar-refractivity contribution in [1.29, 1.82) is 0 Å². The molecule has 3 atom stereocenters. The highest BCUT2D eigenvalue weighted by atomic mass is 79.9. The van der Waals surface area contributed by atoms with Gasteiger partial charge in [-0.2, -0.15) is 0 Å². The highest BCUT2D eigenvalue weighted by molar-refractivity contribution is 9.10. The molecule has 0 aromatic heterocycles. The van der Waals surface area contributed by atoms with Crippen LogP contribution in [0.2, 0.25) is 0 Å². The van der Waals surface area contributed by atoms with E-state index in [0.29, 0.717) is 18.0 Å². The van der Waals surface area contributed by atoms with Gasteiger partial charge in [-0.15, -0.1) is 0 Å². The maximum Gasteiger partial charge on any atom is 0.322 e. The van der Waals surface area contributed by atoms with Gasteiger partial charge >= 0.3 is 6.03 Å². The monoisotopic (exact) mass is 459 g/mol. The Morgan fingerprint density at radius 1 is 1.28 bits per heavy atom. The smallest absolute Gasteiger partial charge is 0.322 e. The van der Waals surface area contributed by atoms with E-state index in [2.05, 4.69) is 21.2 Å². The van der Waals surface area contributed by atoms with Crippen LogP contribution in [0.4, 0.5) is 10.5 Å². The number of rotatable bonds is 4. The first-order valence-corrected chi connectivity index (χ1v) is 10.2. The zero-order valence-electron chi connectivity index (χ0n) is 15.9. The third-order valence-corrected chi connectivity index (χ3v) is 6.14. The van der Waals surface area contributed by atoms with Crippen LogP contribution in [0, 0.1) is 0 Å². The van der Waals surface area contributed by atoms with Crippen molar-refractivity contribution in [2.75, 3.05) is 32.1 Å². The van der Waals surface area contributed by atoms with E-state index in [9.17, 15) is 14.7 Å². The molecule has 2 aliphatic heterocycles. The topological polar surface area (TPSA) is 82.1 Å². The number of nitrogens with one attached hydrogen (secondary N) is 1. The first-order valence-electron chi connectivity index (χ1n) is 9.39. The lowest BCUT2D eigenvalue weighted by Crippen LogP contribution is -2.73. The van der Waals surface area contributed by atoms with Crippen LogP contribution in [0.3, 0.4) is 0 Å². The Balaban J connectivity index is 1.51. The molecule has 0 unspecified atom stereocenters. The number of carbonyl (C=O) groups is 2. The summed E-state index contributed by atoms with van der Waals surface area (Å²) in [7, 11) is 1.56. The van der Waals surface area contributed by atoms with Gasteiger partial charge in [0.15, 0.2) is 0 Å². The van der Waals surface area contributed by atoms with Crippen LogP contribution in [0.5, 0.6) is 5.75 Å². The van der Waals surface area contributed by atoms with E-state index in [1.54, 1.807) is 36.3 Å². The number of urea groups is 1. The van der Waals surface area contributed by atoms with Gasteiger partial charge in [0, 0.05) is 28.7 Å². The van der Waals surface area contributed by atoms with Crippen molar-refractivity contribution in [2.45, 2.75) is 18.0 Å². The Morgan fingerprint density at radius 3 is 2.72 bits per heavy atom. The highest BCUT2D eigenvalue weighted by Crippen LogP contribution is 2.43. The minimum absolute atomic E-state index is 0.00411. The lowest BCUT2D eigenvalue weighted by molar-refractivity contribution is -0.159. The Kier molecular flexibility index (Phi) is 5.47. The van der Waals surface area contributed by atoms with Gasteiger partial charge in [0.1, 0.15) is 12.3 Å². The maximum atomic E-state index is 12.8. The first-order chi connectivity index (χ1) is 14.0. The molecule has 7 nitrogen and oxygen atoms in total. The number of benzene rings is 2. The van der Waals surface area contributed by atoms with Gasteiger partial charge in [-0.05, 0) is 29.8 Å². The van der Waals surface area contributed by atoms with E-state index in [0.717, 1.165) is 10.0 Å². The number of hydrogen-bond donors (Lipinski definition) is 2. The maximum absolute atomic E-state index is 12.8. The van der Waals surface area contributed by atoms with Crippen LogP contribution < -0.4 is 10.1 Å². The van der Waals surface area contributed by atoms with E-state index >= 15 is 0 Å². The minimum Gasteiger partial charge on any atom is -0.497 e. The van der Waals surface area contributed by atoms with Crippen molar-refractivity contribution in [3.8, 4) is 5.75 Å². The van der Waals surface area contributed by atoms with Crippen LogP contribution in [0.1, 0.15) is 11.5 Å². The molecule has 8 heteroatoms. The van der Waals surface area contributed by atoms with Crippen LogP contribution in [-0.4, -0.2) is 65.7 Å². The normalized spacial score (nSPS) is 23.3. The molecule has 4 rings (SSSR count). The first kappa shape index (κ1) is 19.7. The Hall–Kier alpha value is -2.58. The zero-order chi connectivity index (χ0) is 20.5. The molecule has 0 saturated carbocycles. The van der Waals surface area contributed by atoms with Gasteiger partial charge in [0.25, 0.3) is 0 Å². The summed E-state index contributed by atoms with van der Waals surface area (Å²) in [5, 5.41) is 12.7. The van der Waals surface area contributed by atoms with Crippen molar-refractivity contribution in [3.05, 3.63) is 58.6 Å². The second-order valence-electron chi connectivity index (χ2n) is 7.24. The summed E-state index contributed by atoms with van der Waals surface area (Å²) in [6, 6.07) is 14.2. The molecule has 29 heavy (non-hydrogen) atoms. The SMILES string of the molecule is COc1cccc(NC(=O)N2CC(=O)N3[C@@H](CO)[C@H](c4ccc(Br)cc4)[C@@H]3C2)c1. The molecular formula is C21H22BrN3O4. The number of methoxy groups -OCH3 is 1. The number of aliphatic hydroxyl groups is 1. The molecule has 3 amide bonds. The number of amides is 3. The van der Waals surface area contributed by atoms with E-state index in [-0.39, 0.29) is 43.1 Å². The fourth-order valence-electron chi connectivity index (χ4n) is 4.24. The van der Waals surface area contributed by atoms with Gasteiger partial charge in [-0.25, -0.2) is 4.79 Å². The van der Waals surface area contributed by atoms with Crippen molar-refractivity contribution in [1.82, 2.24) is 9.80 Å². The van der Waals surface area contributed by atoms with E-state index in [1.165, 1.54) is 4.90 Å². The van der Waals surface area contributed by atoms with Crippen molar-refractivity contribution in [3.63, 3.8) is 0 Å². The standard InChI is InChI=1S/C21H22BrN3O4/c1-29-16-4-2-3-15(9-16)23-21(28)24-10-17-20(13-5-7-14(22)8-6-13)18(12-26)25(17)19(27)11-24/h2-9,17-18,20,26H,10-12H2,1H3,(H,23,28)/t17-,18-,20+/m0/s1. The van der Waals surface area contributed by atoms with E-state index < -0.39 is 0 Å². The summed E-state index contributed by atoms with van der Waals surface area (Å²) in [6.45, 7) is 0.313. The molecule has 0 radical (unpaired) electrons. The minimum atomic E-state index is -0.326. The average Bonchev–Trinajstić information content (AvgIpc) is 2.71. The van der Waals surface area contributed by atoms with E-state index in [1.807, 2.05) is 24.3 Å². The quantitative estimate of drug-likeness (QED) is 0.736. The predicted octanol–water partition coefficient (Wildman–Crippen LogP) is 2.66. The molecule has 2 saturated heterocycles. The molecule has 0 bridgehead atoms. The van der Waals surface area contributed by atoms with Gasteiger partial charge in [-0.1, -0.05) is 34.1 Å². The van der Waals surface area contributed by atoms with E-state index in [4.69, 9.17) is 4.74 Å². The second-order valence-corrected chi connectivity index (χ2v) is 8.15. The number of ether oxygens (including phenoxy) is 1. The van der Waals surface area contributed by atoms with Crippen molar-refractivity contribution < 1.29 is 19.4 Å². The molecule has 2 aliphatic rings. The molecule has 152 valence electrons. The average molecular weight is 460 g/mol. The number of anilines is 1. The summed E-state index contributed by atoms with van der Waals surface area (Å²) in [5.41, 5.74) is 1.66. The van der Waals surface area contributed by atoms with Crippen molar-refractivity contribution in [2.24, 2.45) is 0 Å². The molecule has 0 spiro atoms. The largest absolute Gasteiger partial charge is 0.497 e. The third kappa shape index (κ3) is 3.70. The van der Waals surface area contributed by atoms with Crippen LogP contribution in [0.15, 0.2) is 53.0 Å². The lowest BCUT2D eigenvalue weighted by atomic mass is 9.74. The molecular weight excluding hydrogens is 438 g/mol. The molecule has 2 N–H and O–H groups in total. The summed E-state index contributed by atoms with van der Waals surface area (Å²) >= 11 is 3.43. The van der Waals surface area contributed by atoms with Crippen LogP contribution >= 0.6 is 15.9 Å². The lowest BCUT2D eigenvalue weighted by Gasteiger charge is -2.58. The summed E-state index contributed by atoms with van der Waals surface area (Å²) in [6.07, 6.45) is 0. The number of halogens is 1. The predicted molar refractivity (Wildman–Crippen MR) is 112 cm³/mol. The fourth-order valence-corrected chi connectivity index (χ4v) is 4.51. The van der Waals surface area contributed by atoms with Crippen LogP contribution in [-0.2, 0) is 4.79 Å². The Labute approximate surface area is 177 Å². The third-order valence-electron chi connectivity index (χ3n) is 5.62. The molecule has 2 fully saturated rings. The molecule has 2 heterocycles. The van der Waals surface area contributed by atoms with Crippen LogP contribution in [0.25, 0.3) is 0 Å². The number of piperazine rings is 1. The number of aliphatic hydroxyl groups excluding tert-OH is 1. The number of nitrogens with zero attached hydrogens (tertiary/aromatic N) is 2. The van der Waals surface area contributed by atoms with Gasteiger partial charge in [-0.3, -0.25) is 4.79 Å². The molecule has 0 aliphatic carbocycles. The van der Waals surface area contributed by atoms with Gasteiger partial charge in [0.05, 0.1) is 25.8 Å². The second kappa shape index (κ2) is 8.04. The summed E-state index contributed by atoms with van der Waals surface area (Å²) < 4.78 is 6.15. The van der Waals surface area contributed by atoms with Gasteiger partial charge in [0.2, 0.25) is 5.91 Å². The highest BCUT2D eigenvalue weighted by Gasteiger charge is 2.54. The fraction of sp³-hybridized carbons (Fsp3) is 0.333. The molecule has 2 aromatic rings. The number of fused-ring (bicyclic) bond motifs is 1. The van der Waals surface area contributed by atoms with Gasteiger partial charge < -0.3 is 25.0 Å². The summed E-state index contributed by atoms with van der Waals surface area (Å²) in [5.74, 6) is 0.489. The zero-order valence-corrected chi connectivity index (χ0v) is 17.5. The Bertz CT molecular complexity index is 920.